The monoisotopic (exact) mass is 620 g/mol. The van der Waals surface area contributed by atoms with Crippen molar-refractivity contribution >= 4 is 23.6 Å². The van der Waals surface area contributed by atoms with E-state index < -0.39 is 47.0 Å². The molecule has 13 heteroatoms. The quantitative estimate of drug-likeness (QED) is 0.111. The lowest BCUT2D eigenvalue weighted by Crippen LogP contribution is -2.43. The van der Waals surface area contributed by atoms with Crippen molar-refractivity contribution in [3.63, 3.8) is 0 Å². The van der Waals surface area contributed by atoms with E-state index in [0.717, 1.165) is 0 Å². The molecule has 45 heavy (non-hydrogen) atoms. The van der Waals surface area contributed by atoms with Crippen LogP contribution in [-0.4, -0.2) is 92.4 Å². The van der Waals surface area contributed by atoms with Gasteiger partial charge in [0.2, 0.25) is 5.90 Å². The molecule has 3 aromatic rings. The third kappa shape index (κ3) is 7.93. The lowest BCUT2D eigenvalue weighted by atomic mass is 10.1. The highest BCUT2D eigenvalue weighted by atomic mass is 16.5. The molecular weight excluding hydrogens is 584 g/mol. The Balaban J connectivity index is 1.37. The average molecular weight is 621 g/mol. The summed E-state index contributed by atoms with van der Waals surface area (Å²) in [5, 5.41) is 54.8. The number of unbranched alkanes of at least 4 members (excludes halogenated alkanes) is 1. The number of rotatable bonds is 13. The second kappa shape index (κ2) is 14.8. The molecule has 7 N–H and O–H groups in total. The number of aromatic hydroxyl groups is 5. The summed E-state index contributed by atoms with van der Waals surface area (Å²) in [5.74, 6) is -3.13. The van der Waals surface area contributed by atoms with Gasteiger partial charge in [0, 0.05) is 26.2 Å². The fourth-order valence-corrected chi connectivity index (χ4v) is 4.79. The van der Waals surface area contributed by atoms with Gasteiger partial charge in [0.1, 0.15) is 11.9 Å². The molecule has 0 unspecified atom stereocenters. The molecule has 0 aromatic heterocycles. The van der Waals surface area contributed by atoms with Gasteiger partial charge in [-0.1, -0.05) is 24.3 Å². The van der Waals surface area contributed by atoms with E-state index in [1.54, 1.807) is 30.0 Å². The van der Waals surface area contributed by atoms with Gasteiger partial charge in [0.05, 0.1) is 16.7 Å². The van der Waals surface area contributed by atoms with Gasteiger partial charge in [-0.2, -0.15) is 0 Å². The van der Waals surface area contributed by atoms with E-state index in [2.05, 4.69) is 15.6 Å². The highest BCUT2D eigenvalue weighted by Gasteiger charge is 2.36. The van der Waals surface area contributed by atoms with Gasteiger partial charge in [0.25, 0.3) is 17.7 Å². The van der Waals surface area contributed by atoms with E-state index in [-0.39, 0.29) is 48.3 Å². The van der Waals surface area contributed by atoms with Crippen LogP contribution in [0.15, 0.2) is 65.7 Å². The van der Waals surface area contributed by atoms with Gasteiger partial charge in [-0.25, -0.2) is 4.99 Å². The Morgan fingerprint density at radius 2 is 1.27 bits per heavy atom. The number of carbonyl (C=O) groups is 3. The summed E-state index contributed by atoms with van der Waals surface area (Å²) in [6, 6.07) is 13.8. The van der Waals surface area contributed by atoms with E-state index in [4.69, 9.17) is 4.74 Å². The highest BCUT2D eigenvalue weighted by molar-refractivity contribution is 6.01. The maximum Gasteiger partial charge on any atom is 0.255 e. The van der Waals surface area contributed by atoms with Crippen LogP contribution in [0.2, 0.25) is 0 Å². The Labute approximate surface area is 259 Å². The van der Waals surface area contributed by atoms with Crippen LogP contribution in [0.1, 0.15) is 52.5 Å². The van der Waals surface area contributed by atoms with Crippen molar-refractivity contribution in [2.75, 3.05) is 26.2 Å². The third-order valence-corrected chi connectivity index (χ3v) is 7.25. The number of phenolic OH excluding ortho intramolecular Hbond substituents is 5. The van der Waals surface area contributed by atoms with Gasteiger partial charge < -0.3 is 45.8 Å². The van der Waals surface area contributed by atoms with Crippen molar-refractivity contribution in [2.24, 2.45) is 4.99 Å². The maximum absolute atomic E-state index is 13.7. The summed E-state index contributed by atoms with van der Waals surface area (Å²) in [6.07, 6.45) is 0.755. The molecular formula is C32H36N4O9. The van der Waals surface area contributed by atoms with Crippen molar-refractivity contribution < 1.29 is 44.7 Å². The Bertz CT molecular complexity index is 1580. The molecule has 2 atom stereocenters. The molecule has 3 aromatic carbocycles. The normalized spacial score (nSPS) is 15.5. The number of nitrogens with one attached hydrogen (secondary N) is 2. The second-order valence-corrected chi connectivity index (χ2v) is 10.5. The maximum atomic E-state index is 13.7. The van der Waals surface area contributed by atoms with Crippen LogP contribution in [-0.2, 0) is 9.53 Å². The Morgan fingerprint density at radius 3 is 1.87 bits per heavy atom. The van der Waals surface area contributed by atoms with Crippen LogP contribution in [0.4, 0.5) is 0 Å². The summed E-state index contributed by atoms with van der Waals surface area (Å²) in [5.41, 5.74) is 0.242. The standard InChI is InChI=1S/C32H36N4O9/c1-19-26(35-31(45-19)20-9-2-3-12-23(20)37)32(44)36(18-8-16-34-30(43)22-11-7-14-25(39)28(22)41)17-5-4-15-33-29(42)21-10-6-13-24(38)27(21)40/h2-3,6-7,9-14,19,26,37-41H,4-5,8,15-18H2,1H3,(H,33,42)(H,34,43)/t19-,26+/m1/s1. The minimum absolute atomic E-state index is 0.0250. The number of ether oxygens (including phenoxy) is 1. The molecule has 1 aliphatic rings. The number of phenols is 5. The zero-order valence-electron chi connectivity index (χ0n) is 24.6. The van der Waals surface area contributed by atoms with Crippen LogP contribution in [0.3, 0.4) is 0 Å². The summed E-state index contributed by atoms with van der Waals surface area (Å²) in [7, 11) is 0. The molecule has 1 heterocycles. The number of para-hydroxylation sites is 3. The van der Waals surface area contributed by atoms with Gasteiger partial charge in [-0.15, -0.1) is 0 Å². The van der Waals surface area contributed by atoms with Gasteiger partial charge >= 0.3 is 0 Å². The molecule has 238 valence electrons. The molecule has 0 saturated carbocycles. The number of hydrogen-bond donors (Lipinski definition) is 7. The van der Waals surface area contributed by atoms with Crippen LogP contribution in [0.5, 0.6) is 28.7 Å². The number of nitrogens with zero attached hydrogens (tertiary/aromatic N) is 2. The fraction of sp³-hybridized carbons (Fsp3) is 0.312. The molecule has 0 saturated heterocycles. The SMILES string of the molecule is C[C@H]1OC(c2ccccc2O)=N[C@@H]1C(=O)N(CCCCNC(=O)c1cccc(O)c1O)CCCNC(=O)c1cccc(O)c1O. The summed E-state index contributed by atoms with van der Waals surface area (Å²) >= 11 is 0. The lowest BCUT2D eigenvalue weighted by Gasteiger charge is -2.26. The molecule has 1 aliphatic heterocycles. The first-order valence-electron chi connectivity index (χ1n) is 14.5. The molecule has 0 spiro atoms. The molecule has 3 amide bonds. The molecule has 0 bridgehead atoms. The van der Waals surface area contributed by atoms with E-state index in [1.165, 1.54) is 42.5 Å². The smallest absolute Gasteiger partial charge is 0.255 e. The summed E-state index contributed by atoms with van der Waals surface area (Å²) in [6.45, 7) is 2.69. The van der Waals surface area contributed by atoms with Crippen molar-refractivity contribution in [1.29, 1.82) is 0 Å². The summed E-state index contributed by atoms with van der Waals surface area (Å²) in [4.78, 5) is 44.7. The summed E-state index contributed by atoms with van der Waals surface area (Å²) < 4.78 is 5.82. The first-order chi connectivity index (χ1) is 21.6. The van der Waals surface area contributed by atoms with Crippen LogP contribution in [0, 0.1) is 0 Å². The van der Waals surface area contributed by atoms with E-state index in [1.807, 2.05) is 0 Å². The molecule has 0 fully saturated rings. The van der Waals surface area contributed by atoms with Gasteiger partial charge in [-0.05, 0) is 62.6 Å². The molecule has 4 rings (SSSR count). The predicted octanol–water partition coefficient (Wildman–Crippen LogP) is 2.61. The number of hydrogen-bond acceptors (Lipinski definition) is 10. The zero-order chi connectivity index (χ0) is 32.5. The van der Waals surface area contributed by atoms with E-state index in [9.17, 15) is 39.9 Å². The van der Waals surface area contributed by atoms with E-state index >= 15 is 0 Å². The number of benzene rings is 3. The largest absolute Gasteiger partial charge is 0.507 e. The Morgan fingerprint density at radius 1 is 0.733 bits per heavy atom. The van der Waals surface area contributed by atoms with Crippen molar-refractivity contribution in [2.45, 2.75) is 38.3 Å². The third-order valence-electron chi connectivity index (χ3n) is 7.25. The van der Waals surface area contributed by atoms with Crippen LogP contribution < -0.4 is 10.6 Å². The topological polar surface area (TPSA) is 201 Å². The van der Waals surface area contributed by atoms with Crippen molar-refractivity contribution in [1.82, 2.24) is 15.5 Å². The number of aliphatic imine (C=N–C) groups is 1. The van der Waals surface area contributed by atoms with E-state index in [0.29, 0.717) is 31.4 Å². The van der Waals surface area contributed by atoms with Crippen LogP contribution in [0.25, 0.3) is 0 Å². The Hall–Kier alpha value is -5.46. The average Bonchev–Trinajstić information content (AvgIpc) is 3.41. The molecule has 13 nitrogen and oxygen atoms in total. The van der Waals surface area contributed by atoms with Gasteiger partial charge in [-0.3, -0.25) is 14.4 Å². The number of amides is 3. The van der Waals surface area contributed by atoms with Crippen molar-refractivity contribution in [3.05, 3.63) is 77.4 Å². The minimum atomic E-state index is -0.869. The second-order valence-electron chi connectivity index (χ2n) is 10.5. The lowest BCUT2D eigenvalue weighted by molar-refractivity contribution is -0.134. The Kier molecular flexibility index (Phi) is 10.7. The van der Waals surface area contributed by atoms with Crippen LogP contribution >= 0.6 is 0 Å². The highest BCUT2D eigenvalue weighted by Crippen LogP contribution is 2.29. The minimum Gasteiger partial charge on any atom is -0.507 e. The predicted molar refractivity (Wildman–Crippen MR) is 164 cm³/mol. The zero-order valence-corrected chi connectivity index (χ0v) is 24.6. The van der Waals surface area contributed by atoms with Crippen molar-refractivity contribution in [3.8, 4) is 28.7 Å². The molecule has 0 aliphatic carbocycles. The first-order valence-corrected chi connectivity index (χ1v) is 14.5. The van der Waals surface area contributed by atoms with Gasteiger partial charge in [0.15, 0.2) is 29.0 Å². The number of carbonyl (C=O) groups excluding carboxylic acids is 3. The first kappa shape index (κ1) is 32.5. The fourth-order valence-electron chi connectivity index (χ4n) is 4.79. The molecule has 0 radical (unpaired) electrons.